The second-order valence-corrected chi connectivity index (χ2v) is 6.40. The summed E-state index contributed by atoms with van der Waals surface area (Å²) in [6, 6.07) is 4.16. The predicted molar refractivity (Wildman–Crippen MR) is 87.9 cm³/mol. The molecular weight excluding hydrogens is 292 g/mol. The van der Waals surface area contributed by atoms with E-state index in [1.54, 1.807) is 7.11 Å². The van der Waals surface area contributed by atoms with E-state index in [0.29, 0.717) is 17.7 Å². The first-order valence-electron chi connectivity index (χ1n) is 8.20. The summed E-state index contributed by atoms with van der Waals surface area (Å²) >= 11 is 0. The highest BCUT2D eigenvalue weighted by molar-refractivity contribution is 5.63. The fourth-order valence-electron chi connectivity index (χ4n) is 3.02. The number of hydrogen-bond donors (Lipinski definition) is 0. The second kappa shape index (κ2) is 6.71. The highest BCUT2D eigenvalue weighted by Gasteiger charge is 2.23. The summed E-state index contributed by atoms with van der Waals surface area (Å²) in [7, 11) is 1.70. The Morgan fingerprint density at radius 2 is 1.91 bits per heavy atom. The van der Waals surface area contributed by atoms with Crippen LogP contribution in [0.3, 0.4) is 0 Å². The molecule has 1 aromatic carbocycles. The van der Waals surface area contributed by atoms with Crippen LogP contribution in [0.4, 0.5) is 0 Å². The normalized spacial score (nSPS) is 16.0. The predicted octanol–water partition coefficient (Wildman–Crippen LogP) is 4.07. The summed E-state index contributed by atoms with van der Waals surface area (Å²) in [6.45, 7) is 7.91. The third-order valence-corrected chi connectivity index (χ3v) is 4.44. The van der Waals surface area contributed by atoms with Crippen molar-refractivity contribution in [2.75, 3.05) is 20.3 Å². The first-order valence-corrected chi connectivity index (χ1v) is 8.20. The number of nitrogens with zero attached hydrogens (tertiary/aromatic N) is 2. The number of rotatable bonds is 4. The molecule has 1 saturated heterocycles. The van der Waals surface area contributed by atoms with Crippen LogP contribution in [0.5, 0.6) is 5.75 Å². The SMILES string of the molecule is COc1cc(-c2nnc(C3CCOCC3)o2)c(C)cc1C(C)C. The zero-order valence-electron chi connectivity index (χ0n) is 14.3. The molecule has 0 spiro atoms. The Balaban J connectivity index is 1.94. The fraction of sp³-hybridized carbons (Fsp3) is 0.556. The lowest BCUT2D eigenvalue weighted by molar-refractivity contribution is 0.0795. The van der Waals surface area contributed by atoms with Gasteiger partial charge in [0.25, 0.3) is 0 Å². The van der Waals surface area contributed by atoms with Gasteiger partial charge in [-0.1, -0.05) is 19.9 Å². The lowest BCUT2D eigenvalue weighted by Crippen LogP contribution is -2.14. The number of hydrogen-bond acceptors (Lipinski definition) is 5. The van der Waals surface area contributed by atoms with Crippen LogP contribution in [0.2, 0.25) is 0 Å². The Bertz CT molecular complexity index is 673. The lowest BCUT2D eigenvalue weighted by atomic mass is 9.96. The van der Waals surface area contributed by atoms with E-state index in [9.17, 15) is 0 Å². The molecule has 0 atom stereocenters. The van der Waals surface area contributed by atoms with Crippen LogP contribution in [0, 0.1) is 6.92 Å². The van der Waals surface area contributed by atoms with Crippen molar-refractivity contribution in [3.63, 3.8) is 0 Å². The molecule has 0 amide bonds. The van der Waals surface area contributed by atoms with Crippen molar-refractivity contribution in [3.8, 4) is 17.2 Å². The van der Waals surface area contributed by atoms with Crippen molar-refractivity contribution in [2.24, 2.45) is 0 Å². The standard InChI is InChI=1S/C18H24N2O3/c1-11(2)14-9-12(3)15(10-16(14)21-4)18-20-19-17(23-18)13-5-7-22-8-6-13/h9-11,13H,5-8H2,1-4H3. The maximum Gasteiger partial charge on any atom is 0.248 e. The molecular formula is C18H24N2O3. The molecule has 23 heavy (non-hydrogen) atoms. The molecule has 1 aliphatic heterocycles. The van der Waals surface area contributed by atoms with Gasteiger partial charge in [-0.3, -0.25) is 0 Å². The maximum absolute atomic E-state index is 5.96. The van der Waals surface area contributed by atoms with Crippen LogP contribution in [-0.4, -0.2) is 30.5 Å². The summed E-state index contributed by atoms with van der Waals surface area (Å²) in [5.74, 6) is 2.86. The molecule has 1 fully saturated rings. The van der Waals surface area contributed by atoms with Crippen LogP contribution in [0.25, 0.3) is 11.5 Å². The van der Waals surface area contributed by atoms with Gasteiger partial charge in [0.2, 0.25) is 11.8 Å². The maximum atomic E-state index is 5.96. The molecule has 1 aliphatic rings. The quantitative estimate of drug-likeness (QED) is 0.851. The highest BCUT2D eigenvalue weighted by atomic mass is 16.5. The highest BCUT2D eigenvalue weighted by Crippen LogP contribution is 2.35. The van der Waals surface area contributed by atoms with Gasteiger partial charge >= 0.3 is 0 Å². The third-order valence-electron chi connectivity index (χ3n) is 4.44. The summed E-state index contributed by atoms with van der Waals surface area (Å²) in [5.41, 5.74) is 3.26. The topological polar surface area (TPSA) is 57.4 Å². The Kier molecular flexibility index (Phi) is 4.66. The first-order chi connectivity index (χ1) is 11.1. The zero-order chi connectivity index (χ0) is 16.4. The average Bonchev–Trinajstić information content (AvgIpc) is 3.05. The van der Waals surface area contributed by atoms with Crippen LogP contribution in [0.15, 0.2) is 16.5 Å². The van der Waals surface area contributed by atoms with Crippen LogP contribution < -0.4 is 4.74 Å². The number of aryl methyl sites for hydroxylation is 1. The number of methoxy groups -OCH3 is 1. The van der Waals surface area contributed by atoms with Crippen molar-refractivity contribution < 1.29 is 13.9 Å². The Labute approximate surface area is 137 Å². The van der Waals surface area contributed by atoms with E-state index in [-0.39, 0.29) is 0 Å². The van der Waals surface area contributed by atoms with E-state index < -0.39 is 0 Å². The van der Waals surface area contributed by atoms with Crippen molar-refractivity contribution in [1.82, 2.24) is 10.2 Å². The molecule has 124 valence electrons. The van der Waals surface area contributed by atoms with E-state index in [0.717, 1.165) is 48.8 Å². The van der Waals surface area contributed by atoms with Gasteiger partial charge in [0, 0.05) is 24.7 Å². The molecule has 1 aromatic heterocycles. The monoisotopic (exact) mass is 316 g/mol. The molecule has 5 heteroatoms. The largest absolute Gasteiger partial charge is 0.496 e. The molecule has 0 N–H and O–H groups in total. The summed E-state index contributed by atoms with van der Waals surface area (Å²) in [5, 5.41) is 8.52. The van der Waals surface area contributed by atoms with Gasteiger partial charge in [0.05, 0.1) is 7.11 Å². The molecule has 0 radical (unpaired) electrons. The van der Waals surface area contributed by atoms with E-state index in [2.05, 4.69) is 37.0 Å². The van der Waals surface area contributed by atoms with E-state index in [1.165, 1.54) is 5.56 Å². The molecule has 0 bridgehead atoms. The summed E-state index contributed by atoms with van der Waals surface area (Å²) in [6.07, 6.45) is 1.88. The van der Waals surface area contributed by atoms with Gasteiger partial charge in [0.1, 0.15) is 5.75 Å². The number of aromatic nitrogens is 2. The van der Waals surface area contributed by atoms with E-state index in [4.69, 9.17) is 13.9 Å². The van der Waals surface area contributed by atoms with Crippen molar-refractivity contribution >= 4 is 0 Å². The average molecular weight is 316 g/mol. The van der Waals surface area contributed by atoms with Crippen molar-refractivity contribution in [3.05, 3.63) is 29.2 Å². The molecule has 2 aromatic rings. The third kappa shape index (κ3) is 3.24. The minimum absolute atomic E-state index is 0.308. The van der Waals surface area contributed by atoms with Crippen LogP contribution in [-0.2, 0) is 4.74 Å². The second-order valence-electron chi connectivity index (χ2n) is 6.40. The smallest absolute Gasteiger partial charge is 0.248 e. The molecule has 5 nitrogen and oxygen atoms in total. The van der Waals surface area contributed by atoms with Gasteiger partial charge in [-0.15, -0.1) is 10.2 Å². The lowest BCUT2D eigenvalue weighted by Gasteiger charge is -2.18. The fourth-order valence-corrected chi connectivity index (χ4v) is 3.02. The van der Waals surface area contributed by atoms with Crippen LogP contribution >= 0.6 is 0 Å². The number of benzene rings is 1. The van der Waals surface area contributed by atoms with Crippen molar-refractivity contribution in [1.29, 1.82) is 0 Å². The Hall–Kier alpha value is -1.88. The zero-order valence-corrected chi connectivity index (χ0v) is 14.3. The molecule has 2 heterocycles. The number of ether oxygens (including phenoxy) is 2. The van der Waals surface area contributed by atoms with Crippen LogP contribution in [0.1, 0.15) is 55.5 Å². The van der Waals surface area contributed by atoms with Crippen molar-refractivity contribution in [2.45, 2.75) is 45.4 Å². The summed E-state index contributed by atoms with van der Waals surface area (Å²) < 4.78 is 16.9. The molecule has 0 unspecified atom stereocenters. The molecule has 3 rings (SSSR count). The van der Waals surface area contributed by atoms with Gasteiger partial charge in [-0.25, -0.2) is 0 Å². The first kappa shape index (κ1) is 16.0. The van der Waals surface area contributed by atoms with Gasteiger partial charge in [0.15, 0.2) is 0 Å². The van der Waals surface area contributed by atoms with E-state index >= 15 is 0 Å². The van der Waals surface area contributed by atoms with Gasteiger partial charge in [-0.05, 0) is 42.9 Å². The minimum atomic E-state index is 0.308. The van der Waals surface area contributed by atoms with Gasteiger partial charge in [-0.2, -0.15) is 0 Å². The molecule has 0 saturated carbocycles. The van der Waals surface area contributed by atoms with E-state index in [1.807, 2.05) is 6.07 Å². The Morgan fingerprint density at radius 3 is 2.57 bits per heavy atom. The Morgan fingerprint density at radius 1 is 1.17 bits per heavy atom. The molecule has 0 aliphatic carbocycles. The summed E-state index contributed by atoms with van der Waals surface area (Å²) in [4.78, 5) is 0. The minimum Gasteiger partial charge on any atom is -0.496 e. The van der Waals surface area contributed by atoms with Gasteiger partial charge < -0.3 is 13.9 Å².